The predicted molar refractivity (Wildman–Crippen MR) is 75.6 cm³/mol. The zero-order valence-corrected chi connectivity index (χ0v) is 11.2. The number of rotatable bonds is 2. The molecule has 0 radical (unpaired) electrons. The lowest BCUT2D eigenvalue weighted by Gasteiger charge is -2.10. The van der Waals surface area contributed by atoms with Gasteiger partial charge in [-0.15, -0.1) is 0 Å². The van der Waals surface area contributed by atoms with Gasteiger partial charge in [-0.05, 0) is 32.0 Å². The molecule has 3 rings (SSSR count). The van der Waals surface area contributed by atoms with Crippen molar-refractivity contribution < 1.29 is 9.13 Å². The maximum Gasteiger partial charge on any atom is 0.152 e. The summed E-state index contributed by atoms with van der Waals surface area (Å²) in [6.07, 6.45) is 3.66. The Morgan fingerprint density at radius 1 is 1.25 bits per heavy atom. The van der Waals surface area contributed by atoms with Gasteiger partial charge in [0.1, 0.15) is 17.1 Å². The first-order chi connectivity index (χ1) is 9.56. The number of aromatic nitrogens is 2. The number of pyridine rings is 1. The monoisotopic (exact) mass is 271 g/mol. The number of anilines is 1. The average molecular weight is 271 g/mol. The molecule has 0 fully saturated rings. The highest BCUT2D eigenvalue weighted by molar-refractivity contribution is 5.52. The summed E-state index contributed by atoms with van der Waals surface area (Å²) in [6, 6.07) is 6.78. The van der Waals surface area contributed by atoms with Gasteiger partial charge >= 0.3 is 0 Å². The van der Waals surface area contributed by atoms with Gasteiger partial charge in [0.2, 0.25) is 0 Å². The van der Waals surface area contributed by atoms with Crippen molar-refractivity contribution in [2.45, 2.75) is 13.8 Å². The molecule has 5 heteroatoms. The van der Waals surface area contributed by atoms with Crippen LogP contribution in [0.15, 0.2) is 36.7 Å². The second kappa shape index (κ2) is 4.52. The zero-order valence-electron chi connectivity index (χ0n) is 11.2. The number of hydrogen-bond donors (Lipinski definition) is 1. The van der Waals surface area contributed by atoms with Gasteiger partial charge in [-0.1, -0.05) is 0 Å². The lowest BCUT2D eigenvalue weighted by Crippen LogP contribution is -1.97. The molecule has 0 saturated carbocycles. The molecule has 20 heavy (non-hydrogen) atoms. The van der Waals surface area contributed by atoms with Crippen LogP contribution in [0.2, 0.25) is 0 Å². The van der Waals surface area contributed by atoms with Gasteiger partial charge in [-0.3, -0.25) is 0 Å². The van der Waals surface area contributed by atoms with E-state index in [2.05, 4.69) is 4.98 Å². The molecule has 0 saturated heterocycles. The Kier molecular flexibility index (Phi) is 2.82. The SMILES string of the molecule is Cc1c(Oc2ccn3c(C)cnc3c2)ccc(N)c1F. The van der Waals surface area contributed by atoms with Crippen LogP contribution < -0.4 is 10.5 Å². The number of fused-ring (bicyclic) bond motifs is 1. The van der Waals surface area contributed by atoms with Crippen molar-refractivity contribution in [2.75, 3.05) is 5.73 Å². The zero-order chi connectivity index (χ0) is 14.3. The molecule has 2 N–H and O–H groups in total. The molecule has 0 aliphatic heterocycles. The highest BCUT2D eigenvalue weighted by Crippen LogP contribution is 2.29. The molecule has 0 unspecified atom stereocenters. The van der Waals surface area contributed by atoms with Crippen molar-refractivity contribution in [2.24, 2.45) is 0 Å². The minimum atomic E-state index is -0.444. The molecule has 102 valence electrons. The van der Waals surface area contributed by atoms with E-state index in [0.29, 0.717) is 17.1 Å². The van der Waals surface area contributed by atoms with Crippen molar-refractivity contribution in [1.82, 2.24) is 9.38 Å². The first-order valence-corrected chi connectivity index (χ1v) is 6.22. The standard InChI is InChI=1S/C15H14FN3O/c1-9-8-18-14-7-11(5-6-19(9)14)20-13-4-3-12(17)15(16)10(13)2/h3-8H,17H2,1-2H3. The van der Waals surface area contributed by atoms with Crippen molar-refractivity contribution in [3.05, 3.63) is 53.7 Å². The van der Waals surface area contributed by atoms with Gasteiger partial charge < -0.3 is 14.9 Å². The first kappa shape index (κ1) is 12.5. The van der Waals surface area contributed by atoms with E-state index >= 15 is 0 Å². The van der Waals surface area contributed by atoms with Crippen LogP contribution >= 0.6 is 0 Å². The number of nitrogens with two attached hydrogens (primary N) is 1. The third-order valence-corrected chi connectivity index (χ3v) is 3.26. The normalized spacial score (nSPS) is 10.9. The summed E-state index contributed by atoms with van der Waals surface area (Å²) < 4.78 is 21.4. The van der Waals surface area contributed by atoms with E-state index in [4.69, 9.17) is 10.5 Å². The Bertz CT molecular complexity index is 795. The van der Waals surface area contributed by atoms with E-state index in [-0.39, 0.29) is 5.69 Å². The van der Waals surface area contributed by atoms with Crippen LogP contribution in [0.4, 0.5) is 10.1 Å². The average Bonchev–Trinajstić information content (AvgIpc) is 2.81. The predicted octanol–water partition coefficient (Wildman–Crippen LogP) is 3.46. The number of aryl methyl sites for hydroxylation is 1. The van der Waals surface area contributed by atoms with Crippen LogP contribution in [-0.2, 0) is 0 Å². The van der Waals surface area contributed by atoms with E-state index in [0.717, 1.165) is 11.3 Å². The molecule has 2 aromatic heterocycles. The van der Waals surface area contributed by atoms with Gasteiger partial charge in [-0.2, -0.15) is 0 Å². The number of halogens is 1. The smallest absolute Gasteiger partial charge is 0.152 e. The summed E-state index contributed by atoms with van der Waals surface area (Å²) in [7, 11) is 0. The Morgan fingerprint density at radius 3 is 2.85 bits per heavy atom. The van der Waals surface area contributed by atoms with E-state index in [1.165, 1.54) is 6.07 Å². The summed E-state index contributed by atoms with van der Waals surface area (Å²) in [6.45, 7) is 3.61. The van der Waals surface area contributed by atoms with Gasteiger partial charge in [0.15, 0.2) is 5.82 Å². The summed E-state index contributed by atoms with van der Waals surface area (Å²) in [4.78, 5) is 4.26. The Morgan fingerprint density at radius 2 is 2.05 bits per heavy atom. The van der Waals surface area contributed by atoms with Crippen LogP contribution in [0, 0.1) is 19.7 Å². The summed E-state index contributed by atoms with van der Waals surface area (Å²) in [5.74, 6) is 0.611. The lowest BCUT2D eigenvalue weighted by molar-refractivity contribution is 0.471. The van der Waals surface area contributed by atoms with Gasteiger partial charge in [-0.25, -0.2) is 9.37 Å². The molecule has 3 aromatic rings. The van der Waals surface area contributed by atoms with Gasteiger partial charge in [0.05, 0.1) is 5.69 Å². The minimum Gasteiger partial charge on any atom is -0.457 e. The molecule has 1 aromatic carbocycles. The molecule has 0 atom stereocenters. The summed E-state index contributed by atoms with van der Waals surface area (Å²) in [5, 5.41) is 0. The molecule has 4 nitrogen and oxygen atoms in total. The fourth-order valence-electron chi connectivity index (χ4n) is 2.08. The van der Waals surface area contributed by atoms with Gasteiger partial charge in [0.25, 0.3) is 0 Å². The second-order valence-electron chi connectivity index (χ2n) is 4.68. The van der Waals surface area contributed by atoms with Gasteiger partial charge in [0, 0.05) is 29.7 Å². The van der Waals surface area contributed by atoms with E-state index < -0.39 is 5.82 Å². The molecule has 0 amide bonds. The molecular weight excluding hydrogens is 257 g/mol. The maximum atomic E-state index is 13.7. The van der Waals surface area contributed by atoms with E-state index in [9.17, 15) is 4.39 Å². The second-order valence-corrected chi connectivity index (χ2v) is 4.68. The maximum absolute atomic E-state index is 13.7. The Labute approximate surface area is 115 Å². The largest absolute Gasteiger partial charge is 0.457 e. The number of nitrogen functional groups attached to an aromatic ring is 1. The highest BCUT2D eigenvalue weighted by Gasteiger charge is 2.10. The number of nitrogens with zero attached hydrogens (tertiary/aromatic N) is 2. The quantitative estimate of drug-likeness (QED) is 0.726. The number of hydrogen-bond acceptors (Lipinski definition) is 3. The third kappa shape index (κ3) is 1.97. The summed E-state index contributed by atoms with van der Waals surface area (Å²) >= 11 is 0. The van der Waals surface area contributed by atoms with Crippen molar-refractivity contribution in [3.63, 3.8) is 0 Å². The van der Waals surface area contributed by atoms with E-state index in [1.807, 2.05) is 23.6 Å². The van der Waals surface area contributed by atoms with Crippen LogP contribution in [0.5, 0.6) is 11.5 Å². The summed E-state index contributed by atoms with van der Waals surface area (Å²) in [5.41, 5.74) is 7.86. The Hall–Kier alpha value is -2.56. The van der Waals surface area contributed by atoms with Crippen LogP contribution in [0.1, 0.15) is 11.3 Å². The topological polar surface area (TPSA) is 52.5 Å². The molecule has 0 spiro atoms. The fraction of sp³-hybridized carbons (Fsp3) is 0.133. The fourth-order valence-corrected chi connectivity index (χ4v) is 2.08. The van der Waals surface area contributed by atoms with Crippen molar-refractivity contribution in [3.8, 4) is 11.5 Å². The highest BCUT2D eigenvalue weighted by atomic mass is 19.1. The minimum absolute atomic E-state index is 0.120. The van der Waals surface area contributed by atoms with Crippen molar-refractivity contribution >= 4 is 11.3 Å². The van der Waals surface area contributed by atoms with Crippen LogP contribution in [0.25, 0.3) is 5.65 Å². The van der Waals surface area contributed by atoms with Crippen molar-refractivity contribution in [1.29, 1.82) is 0 Å². The van der Waals surface area contributed by atoms with Crippen LogP contribution in [-0.4, -0.2) is 9.38 Å². The van der Waals surface area contributed by atoms with Crippen LogP contribution in [0.3, 0.4) is 0 Å². The Balaban J connectivity index is 1.99. The first-order valence-electron chi connectivity index (χ1n) is 6.22. The third-order valence-electron chi connectivity index (χ3n) is 3.26. The lowest BCUT2D eigenvalue weighted by atomic mass is 10.2. The number of ether oxygens (including phenoxy) is 1. The molecule has 0 aliphatic carbocycles. The molecule has 2 heterocycles. The van der Waals surface area contributed by atoms with E-state index in [1.54, 1.807) is 25.3 Å². The molecule has 0 bridgehead atoms. The molecular formula is C15H14FN3O. The molecule has 0 aliphatic rings. The number of imidazole rings is 1. The number of benzene rings is 1.